The van der Waals surface area contributed by atoms with Gasteiger partial charge in [-0.05, 0) is 61.2 Å². The van der Waals surface area contributed by atoms with Gasteiger partial charge in [-0.1, -0.05) is 17.4 Å². The molecule has 1 amide bonds. The number of aromatic nitrogens is 3. The molecule has 0 radical (unpaired) electrons. The average Bonchev–Trinajstić information content (AvgIpc) is 3.48. The van der Waals surface area contributed by atoms with Crippen molar-refractivity contribution in [1.82, 2.24) is 14.5 Å². The fourth-order valence-corrected chi connectivity index (χ4v) is 4.48. The van der Waals surface area contributed by atoms with Crippen molar-refractivity contribution in [3.05, 3.63) is 88.0 Å². The van der Waals surface area contributed by atoms with Crippen molar-refractivity contribution in [2.24, 2.45) is 0 Å². The van der Waals surface area contributed by atoms with E-state index in [-0.39, 0.29) is 24.0 Å². The van der Waals surface area contributed by atoms with Crippen molar-refractivity contribution in [2.45, 2.75) is 26.8 Å². The number of rotatable bonds is 8. The summed E-state index contributed by atoms with van der Waals surface area (Å²) in [5, 5.41) is 11.5. The van der Waals surface area contributed by atoms with E-state index in [1.165, 1.54) is 29.5 Å². The number of thiazole rings is 1. The summed E-state index contributed by atoms with van der Waals surface area (Å²) in [4.78, 5) is 34.1. The standard InChI is InChI=1S/C24H23N5O3S.ClH/c1-17-4-10-21-23(18(17)2)26-24(33-21)28(14-3-13-27-15-12-25-16-27)22(30)11-7-19-5-8-20(9-6-19)29(31)32;/h4-12,15-16H,3,13-14H2,1-2H3;1H/b11-7+;. The van der Waals surface area contributed by atoms with Crippen LogP contribution in [-0.4, -0.2) is 31.9 Å². The van der Waals surface area contributed by atoms with Crippen LogP contribution in [0.25, 0.3) is 16.3 Å². The zero-order valence-electron chi connectivity index (χ0n) is 18.7. The summed E-state index contributed by atoms with van der Waals surface area (Å²) in [6, 6.07) is 10.2. The fraction of sp³-hybridized carbons (Fsp3) is 0.208. The number of hydrogen-bond acceptors (Lipinski definition) is 6. The lowest BCUT2D eigenvalue weighted by Gasteiger charge is -2.18. The molecular weight excluding hydrogens is 474 g/mol. The molecule has 10 heteroatoms. The molecule has 2 aromatic heterocycles. The van der Waals surface area contributed by atoms with E-state index >= 15 is 0 Å². The lowest BCUT2D eigenvalue weighted by Crippen LogP contribution is -2.30. The molecule has 0 unspecified atom stereocenters. The van der Waals surface area contributed by atoms with Crippen LogP contribution in [0.1, 0.15) is 23.1 Å². The fourth-order valence-electron chi connectivity index (χ4n) is 3.42. The van der Waals surface area contributed by atoms with Crippen LogP contribution >= 0.6 is 23.7 Å². The molecule has 2 heterocycles. The summed E-state index contributed by atoms with van der Waals surface area (Å²) in [7, 11) is 0. The number of halogens is 1. The largest absolute Gasteiger partial charge is 0.337 e. The highest BCUT2D eigenvalue weighted by Crippen LogP contribution is 2.32. The highest BCUT2D eigenvalue weighted by molar-refractivity contribution is 7.22. The van der Waals surface area contributed by atoms with Crippen molar-refractivity contribution < 1.29 is 9.72 Å². The van der Waals surface area contributed by atoms with E-state index in [1.807, 2.05) is 23.8 Å². The second-order valence-electron chi connectivity index (χ2n) is 7.68. The Bertz CT molecular complexity index is 1320. The third-order valence-electron chi connectivity index (χ3n) is 5.45. The summed E-state index contributed by atoms with van der Waals surface area (Å²) in [5.41, 5.74) is 3.92. The molecule has 0 bridgehead atoms. The number of nitro groups is 1. The van der Waals surface area contributed by atoms with E-state index in [0.29, 0.717) is 17.2 Å². The number of nitrogens with zero attached hydrogens (tertiary/aromatic N) is 5. The molecule has 2 aromatic carbocycles. The Labute approximate surface area is 207 Å². The minimum atomic E-state index is -0.447. The van der Waals surface area contributed by atoms with Gasteiger partial charge in [-0.15, -0.1) is 12.4 Å². The second kappa shape index (κ2) is 11.0. The molecule has 0 aliphatic carbocycles. The van der Waals surface area contributed by atoms with E-state index in [1.54, 1.807) is 35.6 Å². The number of imidazole rings is 1. The number of aryl methyl sites for hydroxylation is 3. The molecule has 8 nitrogen and oxygen atoms in total. The zero-order chi connectivity index (χ0) is 23.4. The van der Waals surface area contributed by atoms with Crippen molar-refractivity contribution in [3.8, 4) is 0 Å². The Kier molecular flexibility index (Phi) is 8.14. The van der Waals surface area contributed by atoms with Crippen molar-refractivity contribution >= 4 is 56.8 Å². The van der Waals surface area contributed by atoms with Crippen LogP contribution in [0, 0.1) is 24.0 Å². The van der Waals surface area contributed by atoms with Gasteiger partial charge in [-0.3, -0.25) is 19.8 Å². The molecule has 0 saturated heterocycles. The Balaban J connectivity index is 0.00000324. The molecule has 0 atom stereocenters. The number of hydrogen-bond donors (Lipinski definition) is 0. The van der Waals surface area contributed by atoms with E-state index in [9.17, 15) is 14.9 Å². The number of carbonyl (C=O) groups is 1. The maximum absolute atomic E-state index is 13.2. The first-order chi connectivity index (χ1) is 15.9. The average molecular weight is 498 g/mol. The number of fused-ring (bicyclic) bond motifs is 1. The Morgan fingerprint density at radius 2 is 1.97 bits per heavy atom. The number of benzene rings is 2. The molecule has 4 rings (SSSR count). The van der Waals surface area contributed by atoms with Gasteiger partial charge < -0.3 is 4.57 Å². The molecule has 0 aliphatic heterocycles. The second-order valence-corrected chi connectivity index (χ2v) is 8.69. The van der Waals surface area contributed by atoms with Crippen LogP contribution in [0.3, 0.4) is 0 Å². The van der Waals surface area contributed by atoms with Gasteiger partial charge in [0.2, 0.25) is 0 Å². The molecular formula is C24H24ClN5O3S. The maximum Gasteiger partial charge on any atom is 0.269 e. The van der Waals surface area contributed by atoms with Crippen LogP contribution < -0.4 is 4.90 Å². The number of carbonyl (C=O) groups excluding carboxylic acids is 1. The number of nitro benzene ring substituents is 1. The van der Waals surface area contributed by atoms with Gasteiger partial charge in [0.1, 0.15) is 0 Å². The van der Waals surface area contributed by atoms with E-state index in [2.05, 4.69) is 18.0 Å². The van der Waals surface area contributed by atoms with Crippen LogP contribution in [0.15, 0.2) is 61.2 Å². The van der Waals surface area contributed by atoms with Crippen molar-refractivity contribution in [1.29, 1.82) is 0 Å². The highest BCUT2D eigenvalue weighted by atomic mass is 35.5. The summed E-state index contributed by atoms with van der Waals surface area (Å²) < 4.78 is 3.01. The van der Waals surface area contributed by atoms with Gasteiger partial charge in [-0.25, -0.2) is 9.97 Å². The monoisotopic (exact) mass is 497 g/mol. The smallest absolute Gasteiger partial charge is 0.269 e. The zero-order valence-corrected chi connectivity index (χ0v) is 20.4. The Hall–Kier alpha value is -3.56. The lowest BCUT2D eigenvalue weighted by molar-refractivity contribution is -0.384. The molecule has 0 N–H and O–H groups in total. The van der Waals surface area contributed by atoms with Crippen LogP contribution in [0.4, 0.5) is 10.8 Å². The molecule has 34 heavy (non-hydrogen) atoms. The first-order valence-corrected chi connectivity index (χ1v) is 11.3. The van der Waals surface area contributed by atoms with Crippen LogP contribution in [0.5, 0.6) is 0 Å². The Morgan fingerprint density at radius 3 is 2.65 bits per heavy atom. The summed E-state index contributed by atoms with van der Waals surface area (Å²) >= 11 is 1.50. The van der Waals surface area contributed by atoms with Crippen LogP contribution in [-0.2, 0) is 11.3 Å². The van der Waals surface area contributed by atoms with Gasteiger partial charge in [-0.2, -0.15) is 0 Å². The topological polar surface area (TPSA) is 94.2 Å². The molecule has 0 saturated carbocycles. The minimum Gasteiger partial charge on any atom is -0.337 e. The SMILES string of the molecule is Cc1ccc2sc(N(CCCn3ccnc3)C(=O)/C=C/c3ccc([N+](=O)[O-])cc3)nc2c1C.Cl. The number of non-ortho nitro benzene ring substituents is 1. The molecule has 4 aromatic rings. The Morgan fingerprint density at radius 1 is 1.21 bits per heavy atom. The first kappa shape index (κ1) is 25.1. The van der Waals surface area contributed by atoms with Gasteiger partial charge in [0.05, 0.1) is 21.5 Å². The first-order valence-electron chi connectivity index (χ1n) is 10.5. The van der Waals surface area contributed by atoms with Crippen molar-refractivity contribution in [2.75, 3.05) is 11.4 Å². The van der Waals surface area contributed by atoms with E-state index in [4.69, 9.17) is 4.98 Å². The van der Waals surface area contributed by atoms with Gasteiger partial charge in [0.15, 0.2) is 5.13 Å². The summed E-state index contributed by atoms with van der Waals surface area (Å²) in [5.74, 6) is -0.188. The van der Waals surface area contributed by atoms with Gasteiger partial charge in [0, 0.05) is 43.7 Å². The lowest BCUT2D eigenvalue weighted by atomic mass is 10.1. The predicted octanol–water partition coefficient (Wildman–Crippen LogP) is 5.58. The van der Waals surface area contributed by atoms with E-state index < -0.39 is 4.92 Å². The van der Waals surface area contributed by atoms with Gasteiger partial charge >= 0.3 is 0 Å². The summed E-state index contributed by atoms with van der Waals surface area (Å²) in [6.45, 7) is 5.33. The summed E-state index contributed by atoms with van der Waals surface area (Å²) in [6.07, 6.45) is 9.27. The van der Waals surface area contributed by atoms with Crippen molar-refractivity contribution in [3.63, 3.8) is 0 Å². The van der Waals surface area contributed by atoms with Crippen LogP contribution in [0.2, 0.25) is 0 Å². The minimum absolute atomic E-state index is 0. The molecule has 0 fully saturated rings. The predicted molar refractivity (Wildman–Crippen MR) is 138 cm³/mol. The third kappa shape index (κ3) is 5.67. The molecule has 0 aliphatic rings. The molecule has 0 spiro atoms. The highest BCUT2D eigenvalue weighted by Gasteiger charge is 2.19. The third-order valence-corrected chi connectivity index (χ3v) is 6.49. The number of anilines is 1. The molecule has 176 valence electrons. The maximum atomic E-state index is 13.2. The quantitative estimate of drug-likeness (QED) is 0.180. The van der Waals surface area contributed by atoms with E-state index in [0.717, 1.165) is 34.3 Å². The number of amides is 1. The van der Waals surface area contributed by atoms with Gasteiger partial charge in [0.25, 0.3) is 11.6 Å². The normalized spacial score (nSPS) is 11.0.